The molecule has 1 aromatic carbocycles. The lowest BCUT2D eigenvalue weighted by atomic mass is 9.75. The number of hydrogen-bond donors (Lipinski definition) is 3. The first-order chi connectivity index (χ1) is 23.0. The van der Waals surface area contributed by atoms with Gasteiger partial charge in [-0.25, -0.2) is 23.4 Å². The van der Waals surface area contributed by atoms with Gasteiger partial charge in [0.15, 0.2) is 11.4 Å². The normalized spacial score (nSPS) is 21.9. The first kappa shape index (κ1) is 37.1. The molecule has 0 radical (unpaired) electrons. The number of carbonyl (C=O) groups excluding carboxylic acids is 1. The van der Waals surface area contributed by atoms with Crippen molar-refractivity contribution in [3.63, 3.8) is 0 Å². The van der Waals surface area contributed by atoms with Crippen molar-refractivity contribution in [1.29, 1.82) is 5.26 Å². The average molecular weight is 704 g/mol. The fraction of sp³-hybridized carbons (Fsp3) is 0.484. The van der Waals surface area contributed by atoms with E-state index < -0.39 is 81.8 Å². The van der Waals surface area contributed by atoms with Crippen LogP contribution >= 0.6 is 7.82 Å². The summed E-state index contributed by atoms with van der Waals surface area (Å²) in [5, 5.41) is 34.4. The number of nitrogens with two attached hydrogens (primary N) is 1. The smallest absolute Gasteiger partial charge is 0.481 e. The molecule has 0 saturated carbocycles. The van der Waals surface area contributed by atoms with E-state index in [-0.39, 0.29) is 22.7 Å². The maximum absolute atomic E-state index is 14.0. The Hall–Kier alpha value is -4.75. The van der Waals surface area contributed by atoms with Gasteiger partial charge in [0.25, 0.3) is 0 Å². The third-order valence-electron chi connectivity index (χ3n) is 7.74. The van der Waals surface area contributed by atoms with E-state index in [0.29, 0.717) is 5.52 Å². The van der Waals surface area contributed by atoms with Crippen LogP contribution in [-0.2, 0) is 48.4 Å². The summed E-state index contributed by atoms with van der Waals surface area (Å²) in [6.07, 6.45) is -3.19. The predicted octanol–water partition coefficient (Wildman–Crippen LogP) is 4.65. The van der Waals surface area contributed by atoms with Crippen LogP contribution in [0.25, 0.3) is 5.52 Å². The minimum Gasteiger partial charge on any atom is -0.481 e. The van der Waals surface area contributed by atoms with Gasteiger partial charge in [-0.3, -0.25) is 14.1 Å². The highest BCUT2D eigenvalue weighted by Gasteiger charge is 2.59. The molecule has 3 aromatic rings. The third-order valence-corrected chi connectivity index (χ3v) is 9.06. The number of hydrogen-bond acceptors (Lipinski definition) is 14. The number of carboxylic acid groups (broad SMARTS) is 2. The highest BCUT2D eigenvalue weighted by Crippen LogP contribution is 2.54. The number of carboxylic acids is 2. The molecule has 1 aliphatic rings. The predicted molar refractivity (Wildman–Crippen MR) is 169 cm³/mol. The Kier molecular flexibility index (Phi) is 11.2. The lowest BCUT2D eigenvalue weighted by Crippen LogP contribution is -2.36. The van der Waals surface area contributed by atoms with Crippen LogP contribution in [0.2, 0.25) is 0 Å². The summed E-state index contributed by atoms with van der Waals surface area (Å²) >= 11 is 0. The van der Waals surface area contributed by atoms with Crippen molar-refractivity contribution in [3.8, 4) is 11.8 Å². The van der Waals surface area contributed by atoms with E-state index >= 15 is 0 Å². The Bertz CT molecular complexity index is 1770. The zero-order chi connectivity index (χ0) is 36.1. The SMILES string of the molecule is CC(C)OC(=O)OCOP(=O)(OC[C@@H]1O[C@@](C#N)(c2ccc3c(N)ncnn23)[C@H](CC(=O)O)[C@H]1CC(=O)O)Oc1ccc(C(C)(C)C)cc1. The molecular weight excluding hydrogens is 665 g/mol. The lowest BCUT2D eigenvalue weighted by Gasteiger charge is -2.28. The number of phosphoric ester groups is 1. The van der Waals surface area contributed by atoms with E-state index in [4.69, 9.17) is 33.5 Å². The Morgan fingerprint density at radius 1 is 1.10 bits per heavy atom. The number of ether oxygens (including phenoxy) is 3. The van der Waals surface area contributed by atoms with Crippen LogP contribution in [0.5, 0.6) is 5.75 Å². The van der Waals surface area contributed by atoms with Crippen LogP contribution in [-0.4, -0.2) is 68.5 Å². The molecule has 0 aliphatic carbocycles. The quantitative estimate of drug-likeness (QED) is 0.117. The molecule has 18 heteroatoms. The molecule has 5 atom stereocenters. The monoisotopic (exact) mass is 703 g/mol. The van der Waals surface area contributed by atoms with Gasteiger partial charge in [-0.15, -0.1) is 0 Å². The van der Waals surface area contributed by atoms with Gasteiger partial charge in [0, 0.05) is 11.8 Å². The van der Waals surface area contributed by atoms with E-state index in [1.54, 1.807) is 26.0 Å². The fourth-order valence-corrected chi connectivity index (χ4v) is 6.58. The van der Waals surface area contributed by atoms with Crippen molar-refractivity contribution in [2.75, 3.05) is 19.1 Å². The zero-order valence-electron chi connectivity index (χ0n) is 27.5. The number of phosphoric acid groups is 1. The van der Waals surface area contributed by atoms with E-state index in [2.05, 4.69) is 10.1 Å². The molecule has 3 heterocycles. The summed E-state index contributed by atoms with van der Waals surface area (Å²) in [6.45, 7) is 7.56. The van der Waals surface area contributed by atoms with E-state index in [9.17, 15) is 34.4 Å². The van der Waals surface area contributed by atoms with Gasteiger partial charge in [0.1, 0.15) is 23.7 Å². The molecular formula is C31H38N5O12P. The van der Waals surface area contributed by atoms with Gasteiger partial charge in [-0.2, -0.15) is 10.4 Å². The maximum atomic E-state index is 14.0. The van der Waals surface area contributed by atoms with E-state index in [1.807, 2.05) is 26.8 Å². The number of nitrogens with zero attached hydrogens (tertiary/aromatic N) is 4. The highest BCUT2D eigenvalue weighted by atomic mass is 31.2. The number of anilines is 1. The van der Waals surface area contributed by atoms with Crippen LogP contribution in [0.4, 0.5) is 10.6 Å². The van der Waals surface area contributed by atoms with Crippen molar-refractivity contribution in [2.24, 2.45) is 11.8 Å². The van der Waals surface area contributed by atoms with Gasteiger partial charge in [-0.05, 0) is 49.1 Å². The van der Waals surface area contributed by atoms with Crippen molar-refractivity contribution in [3.05, 3.63) is 54.0 Å². The topological polar surface area (TPSA) is 244 Å². The largest absolute Gasteiger partial charge is 0.533 e. The summed E-state index contributed by atoms with van der Waals surface area (Å²) in [4.78, 5) is 40.0. The molecule has 2 aromatic heterocycles. The minimum absolute atomic E-state index is 0.0579. The standard InChI is InChI=1S/C31H38N5O12P/c1-18(2)46-29(41)43-17-45-49(42,48-20-8-6-19(7-9-20)30(3,4)5)44-14-24-21(12-26(37)38)22(13-27(39)40)31(15-32,47-24)25-11-10-23-28(33)34-16-35-36(23)25/h6-11,16,18,21-22,24H,12-14,17H2,1-5H3,(H,37,38)(H,39,40)(H2,33,34,35)/t21-,22-,24+,31-,49?/m1/s1. The minimum atomic E-state index is -4.71. The van der Waals surface area contributed by atoms with Crippen molar-refractivity contribution in [1.82, 2.24) is 14.6 Å². The first-order valence-electron chi connectivity index (χ1n) is 15.1. The third kappa shape index (κ3) is 8.65. The molecule has 0 bridgehead atoms. The van der Waals surface area contributed by atoms with Crippen LogP contribution in [0, 0.1) is 23.2 Å². The molecule has 49 heavy (non-hydrogen) atoms. The Balaban J connectivity index is 1.69. The maximum Gasteiger partial charge on any atom is 0.533 e. The van der Waals surface area contributed by atoms with Crippen molar-refractivity contribution < 1.29 is 56.9 Å². The number of rotatable bonds is 14. The second-order valence-corrected chi connectivity index (χ2v) is 14.1. The van der Waals surface area contributed by atoms with Gasteiger partial charge in [0.05, 0.1) is 37.4 Å². The van der Waals surface area contributed by atoms with Crippen molar-refractivity contribution in [2.45, 2.75) is 70.7 Å². The highest BCUT2D eigenvalue weighted by molar-refractivity contribution is 7.48. The van der Waals surface area contributed by atoms with Gasteiger partial charge in [0.2, 0.25) is 6.79 Å². The van der Waals surface area contributed by atoms with Crippen LogP contribution in [0.3, 0.4) is 0 Å². The van der Waals surface area contributed by atoms with Crippen molar-refractivity contribution >= 4 is 37.3 Å². The average Bonchev–Trinajstić information content (AvgIpc) is 3.56. The first-order valence-corrected chi connectivity index (χ1v) is 16.6. The van der Waals surface area contributed by atoms with E-state index in [0.717, 1.165) is 11.9 Å². The molecule has 1 aliphatic heterocycles. The number of carbonyl (C=O) groups is 3. The second kappa shape index (κ2) is 14.8. The number of benzene rings is 1. The van der Waals surface area contributed by atoms with E-state index in [1.165, 1.54) is 28.8 Å². The molecule has 17 nitrogen and oxygen atoms in total. The van der Waals surface area contributed by atoms with Gasteiger partial charge >= 0.3 is 25.9 Å². The zero-order valence-corrected chi connectivity index (χ0v) is 28.4. The Morgan fingerprint density at radius 3 is 2.37 bits per heavy atom. The molecule has 4 N–H and O–H groups in total. The molecule has 1 fully saturated rings. The van der Waals surface area contributed by atoms with Crippen LogP contribution in [0.1, 0.15) is 58.7 Å². The number of nitriles is 1. The molecule has 0 spiro atoms. The molecule has 264 valence electrons. The number of nitrogen functional groups attached to an aromatic ring is 1. The number of aromatic nitrogens is 3. The summed E-state index contributed by atoms with van der Waals surface area (Å²) in [6, 6.07) is 11.5. The number of fused-ring (bicyclic) bond motifs is 1. The molecule has 4 rings (SSSR count). The summed E-state index contributed by atoms with van der Waals surface area (Å²) in [5.74, 6) is -4.97. The van der Waals surface area contributed by atoms with Crippen LogP contribution < -0.4 is 10.3 Å². The lowest BCUT2D eigenvalue weighted by molar-refractivity contribution is -0.142. The molecule has 0 amide bonds. The van der Waals surface area contributed by atoms with Gasteiger partial charge < -0.3 is 34.7 Å². The Labute approximate surface area is 281 Å². The molecule has 1 saturated heterocycles. The Morgan fingerprint density at radius 2 is 1.78 bits per heavy atom. The second-order valence-electron chi connectivity index (χ2n) is 12.5. The van der Waals surface area contributed by atoms with Crippen LogP contribution in [0.15, 0.2) is 42.7 Å². The molecule has 1 unspecified atom stereocenters. The van der Waals surface area contributed by atoms with Gasteiger partial charge in [-0.1, -0.05) is 32.9 Å². The number of aliphatic carboxylic acids is 2. The summed E-state index contributed by atoms with van der Waals surface area (Å²) in [7, 11) is -4.71. The summed E-state index contributed by atoms with van der Waals surface area (Å²) < 4.78 is 47.8. The summed E-state index contributed by atoms with van der Waals surface area (Å²) in [5.41, 5.74) is 4.98. The fourth-order valence-electron chi connectivity index (χ4n) is 5.51.